The molecule has 0 aliphatic carbocycles. The lowest BCUT2D eigenvalue weighted by Gasteiger charge is -2.34. The molecule has 1 aliphatic rings. The number of benzene rings is 1. The minimum atomic E-state index is -0.311. The fourth-order valence-corrected chi connectivity index (χ4v) is 3.51. The smallest absolute Gasteiger partial charge is 0.259 e. The van der Waals surface area contributed by atoms with Crippen LogP contribution in [-0.4, -0.2) is 54.1 Å². The highest BCUT2D eigenvalue weighted by Gasteiger charge is 2.30. The molecule has 1 fully saturated rings. The van der Waals surface area contributed by atoms with Crippen LogP contribution in [-0.2, 0) is 9.53 Å². The molecule has 3 rings (SSSR count). The molecule has 0 unspecified atom stereocenters. The maximum absolute atomic E-state index is 12.7. The molecule has 1 aromatic heterocycles. The van der Waals surface area contributed by atoms with Gasteiger partial charge in [0, 0.05) is 19.9 Å². The van der Waals surface area contributed by atoms with E-state index < -0.39 is 0 Å². The number of amides is 2. The third kappa shape index (κ3) is 4.71. The molecule has 1 saturated heterocycles. The summed E-state index contributed by atoms with van der Waals surface area (Å²) >= 11 is 0. The normalized spacial score (nSPS) is 16.4. The SMILES string of the molecule is COCC(=O)N1CCCC[C@@H]1c1ncc(C(=O)Nc2ccccc2OC)c(C)n1. The summed E-state index contributed by atoms with van der Waals surface area (Å²) in [6, 6.07) is 6.99. The van der Waals surface area contributed by atoms with Gasteiger partial charge in [0.2, 0.25) is 5.91 Å². The second-order valence-corrected chi connectivity index (χ2v) is 6.91. The summed E-state index contributed by atoms with van der Waals surface area (Å²) in [5.41, 5.74) is 1.52. The first-order chi connectivity index (χ1) is 14.0. The van der Waals surface area contributed by atoms with Gasteiger partial charge >= 0.3 is 0 Å². The second-order valence-electron chi connectivity index (χ2n) is 6.91. The number of aryl methyl sites for hydroxylation is 1. The van der Waals surface area contributed by atoms with Gasteiger partial charge < -0.3 is 19.7 Å². The molecule has 2 aromatic rings. The van der Waals surface area contributed by atoms with Crippen molar-refractivity contribution in [1.82, 2.24) is 14.9 Å². The predicted octanol–water partition coefficient (Wildman–Crippen LogP) is 2.75. The summed E-state index contributed by atoms with van der Waals surface area (Å²) in [5, 5.41) is 2.84. The number of hydrogen-bond acceptors (Lipinski definition) is 6. The molecule has 0 radical (unpaired) electrons. The predicted molar refractivity (Wildman–Crippen MR) is 108 cm³/mol. The first kappa shape index (κ1) is 20.7. The van der Waals surface area contributed by atoms with E-state index in [1.54, 1.807) is 31.1 Å². The molecule has 1 atom stereocenters. The van der Waals surface area contributed by atoms with E-state index in [4.69, 9.17) is 9.47 Å². The lowest BCUT2D eigenvalue weighted by molar-refractivity contribution is -0.139. The van der Waals surface area contributed by atoms with Gasteiger partial charge in [-0.2, -0.15) is 0 Å². The first-order valence-electron chi connectivity index (χ1n) is 9.61. The van der Waals surface area contributed by atoms with Crippen molar-refractivity contribution in [2.75, 3.05) is 32.7 Å². The lowest BCUT2D eigenvalue weighted by Crippen LogP contribution is -2.41. The summed E-state index contributed by atoms with van der Waals surface area (Å²) < 4.78 is 10.3. The Morgan fingerprint density at radius 3 is 2.76 bits per heavy atom. The van der Waals surface area contributed by atoms with Gasteiger partial charge in [-0.1, -0.05) is 12.1 Å². The Hall–Kier alpha value is -3.00. The lowest BCUT2D eigenvalue weighted by atomic mass is 10.0. The van der Waals surface area contributed by atoms with Crippen LogP contribution < -0.4 is 10.1 Å². The third-order valence-corrected chi connectivity index (χ3v) is 4.99. The maximum atomic E-state index is 12.7. The van der Waals surface area contributed by atoms with Gasteiger partial charge in [0.25, 0.3) is 5.91 Å². The van der Waals surface area contributed by atoms with Crippen LogP contribution in [0.5, 0.6) is 5.75 Å². The van der Waals surface area contributed by atoms with Gasteiger partial charge in [-0.25, -0.2) is 9.97 Å². The number of hydrogen-bond donors (Lipinski definition) is 1. The number of para-hydroxylation sites is 2. The van der Waals surface area contributed by atoms with Crippen LogP contribution in [0.2, 0.25) is 0 Å². The summed E-state index contributed by atoms with van der Waals surface area (Å²) in [6.45, 7) is 2.46. The standard InChI is InChI=1S/C21H26N4O4/c1-14-15(21(27)24-16-8-4-5-10-18(16)29-3)12-22-20(23-14)17-9-6-7-11-25(17)19(26)13-28-2/h4-5,8,10,12,17H,6-7,9,11,13H2,1-3H3,(H,24,27)/t17-/m1/s1. The van der Waals surface area contributed by atoms with Crippen molar-refractivity contribution in [3.63, 3.8) is 0 Å². The number of nitrogens with zero attached hydrogens (tertiary/aromatic N) is 3. The number of anilines is 1. The van der Waals surface area contributed by atoms with Crippen molar-refractivity contribution in [3.05, 3.63) is 47.5 Å². The number of carbonyl (C=O) groups is 2. The third-order valence-electron chi connectivity index (χ3n) is 4.99. The molecule has 154 valence electrons. The molecule has 0 saturated carbocycles. The Balaban J connectivity index is 1.80. The number of nitrogens with one attached hydrogen (secondary N) is 1. The van der Waals surface area contributed by atoms with E-state index in [2.05, 4.69) is 15.3 Å². The number of carbonyl (C=O) groups excluding carboxylic acids is 2. The highest BCUT2D eigenvalue weighted by Crippen LogP contribution is 2.29. The van der Waals surface area contributed by atoms with Gasteiger partial charge in [0.15, 0.2) is 5.82 Å². The number of piperidine rings is 1. The van der Waals surface area contributed by atoms with Crippen LogP contribution in [0, 0.1) is 6.92 Å². The second kappa shape index (κ2) is 9.47. The van der Waals surface area contributed by atoms with Gasteiger partial charge in [-0.15, -0.1) is 0 Å². The van der Waals surface area contributed by atoms with Crippen LogP contribution in [0.1, 0.15) is 47.2 Å². The molecule has 2 amide bonds. The van der Waals surface area contributed by atoms with E-state index in [1.807, 2.05) is 12.1 Å². The largest absolute Gasteiger partial charge is 0.495 e. The summed E-state index contributed by atoms with van der Waals surface area (Å²) in [6.07, 6.45) is 4.27. The summed E-state index contributed by atoms with van der Waals surface area (Å²) in [4.78, 5) is 35.9. The van der Waals surface area contributed by atoms with Crippen LogP contribution in [0.3, 0.4) is 0 Å². The molecule has 1 aliphatic heterocycles. The monoisotopic (exact) mass is 398 g/mol. The Morgan fingerprint density at radius 2 is 2.03 bits per heavy atom. The molecule has 8 nitrogen and oxygen atoms in total. The molecule has 1 aromatic carbocycles. The molecular formula is C21H26N4O4. The number of likely N-dealkylation sites (tertiary alicyclic amines) is 1. The van der Waals surface area contributed by atoms with Crippen LogP contribution in [0.25, 0.3) is 0 Å². The Kier molecular flexibility index (Phi) is 6.77. The maximum Gasteiger partial charge on any atom is 0.259 e. The quantitative estimate of drug-likeness (QED) is 0.804. The summed E-state index contributed by atoms with van der Waals surface area (Å²) in [7, 11) is 3.06. The van der Waals surface area contributed by atoms with Crippen LogP contribution in [0.4, 0.5) is 5.69 Å². The Labute approximate surface area is 170 Å². The van der Waals surface area contributed by atoms with E-state index in [-0.39, 0.29) is 24.5 Å². The van der Waals surface area contributed by atoms with E-state index in [1.165, 1.54) is 13.3 Å². The van der Waals surface area contributed by atoms with Crippen molar-refractivity contribution >= 4 is 17.5 Å². The fraction of sp³-hybridized carbons (Fsp3) is 0.429. The first-order valence-corrected chi connectivity index (χ1v) is 9.61. The topological polar surface area (TPSA) is 93.7 Å². The highest BCUT2D eigenvalue weighted by atomic mass is 16.5. The van der Waals surface area contributed by atoms with Crippen molar-refractivity contribution in [2.24, 2.45) is 0 Å². The zero-order valence-corrected chi connectivity index (χ0v) is 17.0. The molecule has 2 heterocycles. The average molecular weight is 398 g/mol. The number of methoxy groups -OCH3 is 2. The van der Waals surface area contributed by atoms with Gasteiger partial charge in [-0.3, -0.25) is 9.59 Å². The van der Waals surface area contributed by atoms with E-state index in [0.717, 1.165) is 19.3 Å². The van der Waals surface area contributed by atoms with Crippen molar-refractivity contribution in [2.45, 2.75) is 32.2 Å². The Morgan fingerprint density at radius 1 is 1.24 bits per heavy atom. The van der Waals surface area contributed by atoms with E-state index in [9.17, 15) is 9.59 Å². The number of rotatable bonds is 6. The van der Waals surface area contributed by atoms with E-state index >= 15 is 0 Å². The minimum Gasteiger partial charge on any atom is -0.495 e. The minimum absolute atomic E-state index is 0.0366. The molecule has 1 N–H and O–H groups in total. The average Bonchev–Trinajstić information content (AvgIpc) is 2.74. The zero-order chi connectivity index (χ0) is 20.8. The highest BCUT2D eigenvalue weighted by molar-refractivity contribution is 6.05. The van der Waals surface area contributed by atoms with Crippen molar-refractivity contribution < 1.29 is 19.1 Å². The van der Waals surface area contributed by atoms with Crippen LogP contribution >= 0.6 is 0 Å². The zero-order valence-electron chi connectivity index (χ0n) is 17.0. The molecule has 8 heteroatoms. The summed E-state index contributed by atoms with van der Waals surface area (Å²) in [5.74, 6) is 0.747. The number of ether oxygens (including phenoxy) is 2. The number of aromatic nitrogens is 2. The van der Waals surface area contributed by atoms with Gasteiger partial charge in [0.1, 0.15) is 12.4 Å². The fourth-order valence-electron chi connectivity index (χ4n) is 3.51. The Bertz CT molecular complexity index is 887. The van der Waals surface area contributed by atoms with Gasteiger partial charge in [0.05, 0.1) is 30.1 Å². The molecule has 29 heavy (non-hydrogen) atoms. The van der Waals surface area contributed by atoms with E-state index in [0.29, 0.717) is 35.1 Å². The van der Waals surface area contributed by atoms with Gasteiger partial charge in [-0.05, 0) is 38.3 Å². The molecule has 0 spiro atoms. The molecular weight excluding hydrogens is 372 g/mol. The van der Waals surface area contributed by atoms with Crippen molar-refractivity contribution in [1.29, 1.82) is 0 Å². The van der Waals surface area contributed by atoms with Crippen LogP contribution in [0.15, 0.2) is 30.5 Å². The van der Waals surface area contributed by atoms with Crippen molar-refractivity contribution in [3.8, 4) is 5.75 Å². The molecule has 0 bridgehead atoms.